The van der Waals surface area contributed by atoms with E-state index >= 15 is 0 Å². The van der Waals surface area contributed by atoms with E-state index in [0.717, 1.165) is 25.3 Å². The van der Waals surface area contributed by atoms with Gasteiger partial charge in [0.25, 0.3) is 0 Å². The van der Waals surface area contributed by atoms with E-state index in [1.165, 1.54) is 12.8 Å². The molecule has 2 fully saturated rings. The molecular weight excluding hydrogens is 218 g/mol. The van der Waals surface area contributed by atoms with Crippen LogP contribution in [0, 0.1) is 17.8 Å². The topological polar surface area (TPSA) is 57.6 Å². The largest absolute Gasteiger partial charge is 0.481 e. The van der Waals surface area contributed by atoms with Gasteiger partial charge < -0.3 is 10.0 Å². The molecule has 0 spiro atoms. The van der Waals surface area contributed by atoms with Crippen LogP contribution >= 0.6 is 0 Å². The molecule has 1 N–H and O–H groups in total. The van der Waals surface area contributed by atoms with Gasteiger partial charge >= 0.3 is 5.97 Å². The Kier molecular flexibility index (Phi) is 3.69. The third-order valence-corrected chi connectivity index (χ3v) is 4.03. The number of amides is 1. The van der Waals surface area contributed by atoms with E-state index in [2.05, 4.69) is 0 Å². The number of aliphatic carboxylic acids is 1. The Morgan fingerprint density at radius 1 is 1.06 bits per heavy atom. The minimum absolute atomic E-state index is 0.0642. The minimum atomic E-state index is -0.706. The average molecular weight is 239 g/mol. The summed E-state index contributed by atoms with van der Waals surface area (Å²) in [4.78, 5) is 24.8. The second-order valence-electron chi connectivity index (χ2n) is 5.55. The lowest BCUT2D eigenvalue weighted by Crippen LogP contribution is -2.36. The SMILES string of the molecule is CN(CC1CC1)C(=O)C1CCC(C(=O)O)CC1. The molecule has 0 atom stereocenters. The third-order valence-electron chi connectivity index (χ3n) is 4.03. The summed E-state index contributed by atoms with van der Waals surface area (Å²) in [6.07, 6.45) is 5.30. The van der Waals surface area contributed by atoms with Crippen molar-refractivity contribution in [3.8, 4) is 0 Å². The molecule has 0 unspecified atom stereocenters. The lowest BCUT2D eigenvalue weighted by molar-refractivity contribution is -0.145. The molecule has 0 heterocycles. The normalized spacial score (nSPS) is 28.8. The zero-order valence-corrected chi connectivity index (χ0v) is 10.4. The quantitative estimate of drug-likeness (QED) is 0.813. The van der Waals surface area contributed by atoms with Gasteiger partial charge in [-0.25, -0.2) is 0 Å². The molecule has 2 aliphatic rings. The van der Waals surface area contributed by atoms with E-state index in [4.69, 9.17) is 5.11 Å². The van der Waals surface area contributed by atoms with Crippen LogP contribution in [-0.2, 0) is 9.59 Å². The molecular formula is C13H21NO3. The van der Waals surface area contributed by atoms with E-state index in [9.17, 15) is 9.59 Å². The number of carbonyl (C=O) groups excluding carboxylic acids is 1. The molecule has 0 aromatic heterocycles. The Bertz CT molecular complexity index is 304. The van der Waals surface area contributed by atoms with E-state index in [-0.39, 0.29) is 17.7 Å². The second kappa shape index (κ2) is 5.07. The number of carboxylic acid groups (broad SMARTS) is 1. The molecule has 2 rings (SSSR count). The first-order valence-electron chi connectivity index (χ1n) is 6.55. The monoisotopic (exact) mass is 239 g/mol. The van der Waals surface area contributed by atoms with Crippen LogP contribution in [0.3, 0.4) is 0 Å². The average Bonchev–Trinajstić information content (AvgIpc) is 3.12. The van der Waals surface area contributed by atoms with Crippen LogP contribution < -0.4 is 0 Å². The predicted molar refractivity (Wildman–Crippen MR) is 63.4 cm³/mol. The molecule has 17 heavy (non-hydrogen) atoms. The summed E-state index contributed by atoms with van der Waals surface area (Å²) >= 11 is 0. The van der Waals surface area contributed by atoms with Crippen molar-refractivity contribution in [2.24, 2.45) is 17.8 Å². The van der Waals surface area contributed by atoms with Crippen LogP contribution in [0.5, 0.6) is 0 Å². The highest BCUT2D eigenvalue weighted by Gasteiger charge is 2.32. The van der Waals surface area contributed by atoms with Gasteiger partial charge in [0.15, 0.2) is 0 Å². The van der Waals surface area contributed by atoms with E-state index in [0.29, 0.717) is 12.8 Å². The van der Waals surface area contributed by atoms with Crippen molar-refractivity contribution in [1.82, 2.24) is 4.90 Å². The Morgan fingerprint density at radius 2 is 1.59 bits per heavy atom. The molecule has 96 valence electrons. The van der Waals surface area contributed by atoms with Crippen molar-refractivity contribution in [3.63, 3.8) is 0 Å². The van der Waals surface area contributed by atoms with Gasteiger partial charge in [-0.3, -0.25) is 9.59 Å². The van der Waals surface area contributed by atoms with Gasteiger partial charge in [0.05, 0.1) is 5.92 Å². The summed E-state index contributed by atoms with van der Waals surface area (Å²) in [7, 11) is 1.88. The van der Waals surface area contributed by atoms with Crippen LogP contribution in [0.25, 0.3) is 0 Å². The number of carbonyl (C=O) groups is 2. The summed E-state index contributed by atoms with van der Waals surface area (Å²) in [5, 5.41) is 8.90. The Hall–Kier alpha value is -1.06. The molecule has 0 aromatic carbocycles. The smallest absolute Gasteiger partial charge is 0.306 e. The zero-order chi connectivity index (χ0) is 12.4. The maximum atomic E-state index is 12.1. The highest BCUT2D eigenvalue weighted by Crippen LogP contribution is 2.32. The number of carboxylic acids is 1. The maximum Gasteiger partial charge on any atom is 0.306 e. The summed E-state index contributed by atoms with van der Waals surface area (Å²) in [6, 6.07) is 0. The van der Waals surface area contributed by atoms with Gasteiger partial charge in [0, 0.05) is 19.5 Å². The standard InChI is InChI=1S/C13H21NO3/c1-14(8-9-2-3-9)12(15)10-4-6-11(7-5-10)13(16)17/h9-11H,2-8H2,1H3,(H,16,17). The number of nitrogens with zero attached hydrogens (tertiary/aromatic N) is 1. The first-order chi connectivity index (χ1) is 8.08. The summed E-state index contributed by atoms with van der Waals surface area (Å²) < 4.78 is 0. The van der Waals surface area contributed by atoms with Crippen LogP contribution in [0.4, 0.5) is 0 Å². The van der Waals surface area contributed by atoms with Crippen LogP contribution in [0.2, 0.25) is 0 Å². The van der Waals surface area contributed by atoms with E-state index < -0.39 is 5.97 Å². The molecule has 0 aromatic rings. The number of rotatable bonds is 4. The number of hydrogen-bond donors (Lipinski definition) is 1. The third kappa shape index (κ3) is 3.20. The van der Waals surface area contributed by atoms with Crippen molar-refractivity contribution in [3.05, 3.63) is 0 Å². The van der Waals surface area contributed by atoms with E-state index in [1.54, 1.807) is 0 Å². The predicted octanol–water partition coefficient (Wildman–Crippen LogP) is 1.75. The van der Waals surface area contributed by atoms with Crippen molar-refractivity contribution in [2.75, 3.05) is 13.6 Å². The summed E-state index contributed by atoms with van der Waals surface area (Å²) in [6.45, 7) is 0.887. The molecule has 2 aliphatic carbocycles. The van der Waals surface area contributed by atoms with E-state index in [1.807, 2.05) is 11.9 Å². The number of hydrogen-bond acceptors (Lipinski definition) is 2. The Labute approximate surface area is 102 Å². The Balaban J connectivity index is 1.78. The molecule has 0 saturated heterocycles. The van der Waals surface area contributed by atoms with Crippen molar-refractivity contribution < 1.29 is 14.7 Å². The fourth-order valence-corrected chi connectivity index (χ4v) is 2.68. The van der Waals surface area contributed by atoms with Crippen LogP contribution in [-0.4, -0.2) is 35.5 Å². The zero-order valence-electron chi connectivity index (χ0n) is 10.4. The Morgan fingerprint density at radius 3 is 2.06 bits per heavy atom. The van der Waals surface area contributed by atoms with Crippen molar-refractivity contribution in [2.45, 2.75) is 38.5 Å². The molecule has 1 amide bonds. The first kappa shape index (κ1) is 12.4. The lowest BCUT2D eigenvalue weighted by atomic mass is 9.81. The molecule has 4 heteroatoms. The highest BCUT2D eigenvalue weighted by molar-refractivity contribution is 5.79. The fraction of sp³-hybridized carbons (Fsp3) is 0.846. The van der Waals surface area contributed by atoms with Crippen molar-refractivity contribution in [1.29, 1.82) is 0 Å². The lowest BCUT2D eigenvalue weighted by Gasteiger charge is -2.29. The molecule has 4 nitrogen and oxygen atoms in total. The van der Waals surface area contributed by atoms with Gasteiger partial charge in [-0.2, -0.15) is 0 Å². The van der Waals surface area contributed by atoms with Gasteiger partial charge in [-0.05, 0) is 44.4 Å². The van der Waals surface area contributed by atoms with Gasteiger partial charge in [0.2, 0.25) is 5.91 Å². The minimum Gasteiger partial charge on any atom is -0.481 e. The van der Waals surface area contributed by atoms with Gasteiger partial charge in [0.1, 0.15) is 0 Å². The van der Waals surface area contributed by atoms with Crippen LogP contribution in [0.15, 0.2) is 0 Å². The molecule has 2 saturated carbocycles. The van der Waals surface area contributed by atoms with Crippen LogP contribution in [0.1, 0.15) is 38.5 Å². The highest BCUT2D eigenvalue weighted by atomic mass is 16.4. The molecule has 0 aliphatic heterocycles. The first-order valence-corrected chi connectivity index (χ1v) is 6.55. The van der Waals surface area contributed by atoms with Gasteiger partial charge in [-0.1, -0.05) is 0 Å². The molecule has 0 bridgehead atoms. The van der Waals surface area contributed by atoms with Crippen molar-refractivity contribution >= 4 is 11.9 Å². The van der Waals surface area contributed by atoms with Gasteiger partial charge in [-0.15, -0.1) is 0 Å². The summed E-state index contributed by atoms with van der Waals surface area (Å²) in [5.74, 6) is 0.0735. The fourth-order valence-electron chi connectivity index (χ4n) is 2.68. The summed E-state index contributed by atoms with van der Waals surface area (Å²) in [5.41, 5.74) is 0. The molecule has 0 radical (unpaired) electrons. The maximum absolute atomic E-state index is 12.1. The second-order valence-corrected chi connectivity index (χ2v) is 5.55.